The number of hydrogen-bond acceptors (Lipinski definition) is 2. The van der Waals surface area contributed by atoms with Crippen LogP contribution in [0.2, 0.25) is 0 Å². The van der Waals surface area contributed by atoms with Gasteiger partial charge in [-0.3, -0.25) is 4.99 Å². The highest BCUT2D eigenvalue weighted by atomic mass is 32.2. The normalized spacial score (nSPS) is 26.0. The van der Waals surface area contributed by atoms with Gasteiger partial charge in [0.15, 0.2) is 5.96 Å². The van der Waals surface area contributed by atoms with E-state index in [4.69, 9.17) is 5.73 Å². The fraction of sp³-hybridized carbons (Fsp3) is 0.875. The Kier molecular flexibility index (Phi) is 3.72. The van der Waals surface area contributed by atoms with Crippen LogP contribution in [0.3, 0.4) is 0 Å². The lowest BCUT2D eigenvalue weighted by Crippen LogP contribution is -2.45. The number of nitrogens with two attached hydrogens (primary N) is 1. The summed E-state index contributed by atoms with van der Waals surface area (Å²) in [6, 6.07) is 0. The molecule has 0 aliphatic carbocycles. The van der Waals surface area contributed by atoms with E-state index in [1.54, 1.807) is 0 Å². The quantitative estimate of drug-likeness (QED) is 0.487. The molecule has 1 unspecified atom stereocenters. The van der Waals surface area contributed by atoms with Gasteiger partial charge in [-0.15, -0.1) is 0 Å². The second-order valence-corrected chi connectivity index (χ2v) is 4.51. The zero-order valence-corrected chi connectivity index (χ0v) is 8.60. The van der Waals surface area contributed by atoms with Gasteiger partial charge < -0.3 is 10.6 Å². The standard InChI is InChI=1S/C8H17N3S/c1-3-10-8(9)11-4-5-12-7(2)6-11/h7H,3-6H2,1-2H3,(H2,9,10). The molecule has 1 aliphatic rings. The van der Waals surface area contributed by atoms with Crippen molar-refractivity contribution >= 4 is 17.7 Å². The molecule has 1 fully saturated rings. The van der Waals surface area contributed by atoms with Gasteiger partial charge in [0.2, 0.25) is 0 Å². The number of guanidine groups is 1. The summed E-state index contributed by atoms with van der Waals surface area (Å²) < 4.78 is 0. The van der Waals surface area contributed by atoms with Crippen LogP contribution < -0.4 is 5.73 Å². The van der Waals surface area contributed by atoms with Gasteiger partial charge in [0.25, 0.3) is 0 Å². The maximum Gasteiger partial charge on any atom is 0.191 e. The Bertz CT molecular complexity index is 170. The van der Waals surface area contributed by atoms with Crippen molar-refractivity contribution in [2.24, 2.45) is 10.7 Å². The molecular weight excluding hydrogens is 170 g/mol. The zero-order valence-electron chi connectivity index (χ0n) is 7.79. The van der Waals surface area contributed by atoms with E-state index in [-0.39, 0.29) is 0 Å². The van der Waals surface area contributed by atoms with Gasteiger partial charge in [0.1, 0.15) is 0 Å². The van der Waals surface area contributed by atoms with E-state index >= 15 is 0 Å². The van der Waals surface area contributed by atoms with Gasteiger partial charge >= 0.3 is 0 Å². The number of rotatable bonds is 1. The predicted octanol–water partition coefficient (Wildman–Crippen LogP) is 0.758. The topological polar surface area (TPSA) is 41.6 Å². The minimum Gasteiger partial charge on any atom is -0.370 e. The Morgan fingerprint density at radius 1 is 1.75 bits per heavy atom. The Hall–Kier alpha value is -0.380. The SMILES string of the molecule is CCN=C(N)N1CCSC(C)C1. The Morgan fingerprint density at radius 3 is 3.08 bits per heavy atom. The summed E-state index contributed by atoms with van der Waals surface area (Å²) in [7, 11) is 0. The molecule has 1 rings (SSSR count). The maximum atomic E-state index is 5.79. The second-order valence-electron chi connectivity index (χ2n) is 2.96. The average Bonchev–Trinajstić information content (AvgIpc) is 2.05. The van der Waals surface area contributed by atoms with Crippen LogP contribution in [0.4, 0.5) is 0 Å². The molecule has 12 heavy (non-hydrogen) atoms. The van der Waals surface area contributed by atoms with Crippen molar-refractivity contribution in [3.8, 4) is 0 Å². The molecule has 3 nitrogen and oxygen atoms in total. The van der Waals surface area contributed by atoms with Crippen molar-refractivity contribution in [2.75, 3.05) is 25.4 Å². The molecule has 0 amide bonds. The van der Waals surface area contributed by atoms with E-state index in [1.165, 1.54) is 5.75 Å². The minimum absolute atomic E-state index is 0.685. The van der Waals surface area contributed by atoms with Crippen molar-refractivity contribution in [1.29, 1.82) is 0 Å². The van der Waals surface area contributed by atoms with Gasteiger partial charge in [-0.2, -0.15) is 11.8 Å². The molecule has 1 atom stereocenters. The van der Waals surface area contributed by atoms with Crippen molar-refractivity contribution in [3.05, 3.63) is 0 Å². The molecule has 0 saturated carbocycles. The van der Waals surface area contributed by atoms with Crippen LogP contribution in [0.1, 0.15) is 13.8 Å². The van der Waals surface area contributed by atoms with Gasteiger partial charge in [-0.25, -0.2) is 0 Å². The molecule has 2 N–H and O–H groups in total. The first-order valence-electron chi connectivity index (χ1n) is 4.40. The summed E-state index contributed by atoms with van der Waals surface area (Å²) in [4.78, 5) is 6.37. The van der Waals surface area contributed by atoms with E-state index in [2.05, 4.69) is 16.8 Å². The average molecular weight is 187 g/mol. The van der Waals surface area contributed by atoms with E-state index in [1.807, 2.05) is 18.7 Å². The van der Waals surface area contributed by atoms with Crippen molar-refractivity contribution in [3.63, 3.8) is 0 Å². The van der Waals surface area contributed by atoms with Gasteiger partial charge in [0.05, 0.1) is 0 Å². The van der Waals surface area contributed by atoms with Crippen LogP contribution >= 0.6 is 11.8 Å². The lowest BCUT2D eigenvalue weighted by molar-refractivity contribution is 0.429. The predicted molar refractivity (Wildman–Crippen MR) is 55.7 cm³/mol. The lowest BCUT2D eigenvalue weighted by atomic mass is 10.4. The first-order valence-corrected chi connectivity index (χ1v) is 5.45. The number of nitrogens with zero attached hydrogens (tertiary/aromatic N) is 2. The van der Waals surface area contributed by atoms with Crippen LogP contribution in [0, 0.1) is 0 Å². The molecule has 1 heterocycles. The van der Waals surface area contributed by atoms with E-state index in [0.717, 1.165) is 19.6 Å². The fourth-order valence-corrected chi connectivity index (χ4v) is 2.30. The molecule has 70 valence electrons. The highest BCUT2D eigenvalue weighted by molar-refractivity contribution is 7.99. The monoisotopic (exact) mass is 187 g/mol. The molecule has 0 spiro atoms. The smallest absolute Gasteiger partial charge is 0.191 e. The number of aliphatic imine (C=N–C) groups is 1. The molecule has 1 saturated heterocycles. The van der Waals surface area contributed by atoms with Crippen molar-refractivity contribution in [1.82, 2.24) is 4.90 Å². The fourth-order valence-electron chi connectivity index (χ4n) is 1.29. The van der Waals surface area contributed by atoms with Crippen molar-refractivity contribution < 1.29 is 0 Å². The van der Waals surface area contributed by atoms with Gasteiger partial charge in [-0.05, 0) is 6.92 Å². The van der Waals surface area contributed by atoms with Crippen LogP contribution in [0.5, 0.6) is 0 Å². The molecule has 0 radical (unpaired) electrons. The minimum atomic E-state index is 0.685. The first kappa shape index (κ1) is 9.71. The largest absolute Gasteiger partial charge is 0.370 e. The highest BCUT2D eigenvalue weighted by Gasteiger charge is 2.17. The number of thioether (sulfide) groups is 1. The summed E-state index contributed by atoms with van der Waals surface area (Å²) in [5.41, 5.74) is 5.79. The van der Waals surface area contributed by atoms with Gasteiger partial charge in [0, 0.05) is 30.6 Å². The Balaban J connectivity index is 2.45. The first-order chi connectivity index (χ1) is 5.74. The highest BCUT2D eigenvalue weighted by Crippen LogP contribution is 2.17. The third-order valence-electron chi connectivity index (χ3n) is 1.89. The van der Waals surface area contributed by atoms with Crippen LogP contribution in [0.25, 0.3) is 0 Å². The summed E-state index contributed by atoms with van der Waals surface area (Å²) in [5, 5.41) is 0.685. The summed E-state index contributed by atoms with van der Waals surface area (Å²) in [5.74, 6) is 1.88. The molecule has 0 aromatic carbocycles. The molecule has 1 aliphatic heterocycles. The molecule has 4 heteroatoms. The van der Waals surface area contributed by atoms with Gasteiger partial charge in [-0.1, -0.05) is 6.92 Å². The Morgan fingerprint density at radius 2 is 2.50 bits per heavy atom. The maximum absolute atomic E-state index is 5.79. The number of hydrogen-bond donors (Lipinski definition) is 1. The summed E-state index contributed by atoms with van der Waals surface area (Å²) >= 11 is 2.01. The van der Waals surface area contributed by atoms with Crippen LogP contribution in [-0.2, 0) is 0 Å². The molecule has 0 aromatic heterocycles. The lowest BCUT2D eigenvalue weighted by Gasteiger charge is -2.31. The molecule has 0 bridgehead atoms. The van der Waals surface area contributed by atoms with Crippen LogP contribution in [0.15, 0.2) is 4.99 Å². The zero-order chi connectivity index (χ0) is 8.97. The van der Waals surface area contributed by atoms with E-state index < -0.39 is 0 Å². The molecular formula is C8H17N3S. The molecule has 0 aromatic rings. The third kappa shape index (κ3) is 2.59. The third-order valence-corrected chi connectivity index (χ3v) is 3.02. The van der Waals surface area contributed by atoms with Crippen LogP contribution in [-0.4, -0.2) is 41.5 Å². The summed E-state index contributed by atoms with van der Waals surface area (Å²) in [6.45, 7) is 7.11. The van der Waals surface area contributed by atoms with E-state index in [9.17, 15) is 0 Å². The Labute approximate surface area is 78.4 Å². The van der Waals surface area contributed by atoms with E-state index in [0.29, 0.717) is 11.2 Å². The second kappa shape index (κ2) is 4.60. The van der Waals surface area contributed by atoms with Crippen molar-refractivity contribution in [2.45, 2.75) is 19.1 Å². The summed E-state index contributed by atoms with van der Waals surface area (Å²) in [6.07, 6.45) is 0.